The standard InChI is InChI=1S/C13H17N3O3/c1-2-3-13(4-5-13)8-16-11(17)9-6-15-10(7-14-9)12(18)19/h6-7H,2-5,8H2,1H3,(H,16,17)(H,18,19). The van der Waals surface area contributed by atoms with Gasteiger partial charge in [-0.1, -0.05) is 13.3 Å². The summed E-state index contributed by atoms with van der Waals surface area (Å²) in [7, 11) is 0. The molecule has 0 spiro atoms. The van der Waals surface area contributed by atoms with Crippen molar-refractivity contribution in [3.63, 3.8) is 0 Å². The Morgan fingerprint density at radius 2 is 1.95 bits per heavy atom. The second-order valence-electron chi connectivity index (χ2n) is 5.02. The van der Waals surface area contributed by atoms with Crippen molar-refractivity contribution in [2.45, 2.75) is 32.6 Å². The topological polar surface area (TPSA) is 92.2 Å². The predicted octanol–water partition coefficient (Wildman–Crippen LogP) is 1.48. The van der Waals surface area contributed by atoms with E-state index in [1.54, 1.807) is 0 Å². The largest absolute Gasteiger partial charge is 0.476 e. The number of hydrogen-bond acceptors (Lipinski definition) is 4. The first-order chi connectivity index (χ1) is 9.06. The van der Waals surface area contributed by atoms with E-state index in [9.17, 15) is 9.59 Å². The molecule has 1 aliphatic carbocycles. The quantitative estimate of drug-likeness (QED) is 0.811. The van der Waals surface area contributed by atoms with Gasteiger partial charge in [0.2, 0.25) is 0 Å². The molecule has 0 aliphatic heterocycles. The molecule has 6 nitrogen and oxygen atoms in total. The van der Waals surface area contributed by atoms with Crippen molar-refractivity contribution in [1.82, 2.24) is 15.3 Å². The van der Waals surface area contributed by atoms with E-state index in [4.69, 9.17) is 5.11 Å². The highest BCUT2D eigenvalue weighted by Crippen LogP contribution is 2.48. The van der Waals surface area contributed by atoms with Gasteiger partial charge in [-0.3, -0.25) is 4.79 Å². The minimum Gasteiger partial charge on any atom is -0.476 e. The van der Waals surface area contributed by atoms with Crippen molar-refractivity contribution in [2.24, 2.45) is 5.41 Å². The Morgan fingerprint density at radius 1 is 1.32 bits per heavy atom. The average molecular weight is 263 g/mol. The lowest BCUT2D eigenvalue weighted by Gasteiger charge is -2.14. The Balaban J connectivity index is 1.91. The molecule has 1 amide bonds. The van der Waals surface area contributed by atoms with Crippen LogP contribution < -0.4 is 5.32 Å². The Hall–Kier alpha value is -1.98. The highest BCUT2D eigenvalue weighted by Gasteiger charge is 2.41. The predicted molar refractivity (Wildman–Crippen MR) is 67.9 cm³/mol. The molecule has 19 heavy (non-hydrogen) atoms. The molecular weight excluding hydrogens is 246 g/mol. The fraction of sp³-hybridized carbons (Fsp3) is 0.538. The van der Waals surface area contributed by atoms with Crippen LogP contribution in [0.4, 0.5) is 0 Å². The molecule has 1 aromatic heterocycles. The number of aromatic carboxylic acids is 1. The maximum absolute atomic E-state index is 11.8. The number of rotatable bonds is 6. The Bertz CT molecular complexity index is 480. The zero-order valence-electron chi connectivity index (χ0n) is 10.8. The Kier molecular flexibility index (Phi) is 3.78. The van der Waals surface area contributed by atoms with Crippen molar-refractivity contribution in [1.29, 1.82) is 0 Å². The van der Waals surface area contributed by atoms with E-state index in [-0.39, 0.29) is 22.7 Å². The van der Waals surface area contributed by atoms with E-state index >= 15 is 0 Å². The van der Waals surface area contributed by atoms with Gasteiger partial charge < -0.3 is 10.4 Å². The van der Waals surface area contributed by atoms with Gasteiger partial charge in [-0.25, -0.2) is 14.8 Å². The van der Waals surface area contributed by atoms with Crippen LogP contribution in [0.3, 0.4) is 0 Å². The van der Waals surface area contributed by atoms with E-state index in [2.05, 4.69) is 22.2 Å². The zero-order chi connectivity index (χ0) is 13.9. The molecule has 1 aromatic rings. The molecule has 2 N–H and O–H groups in total. The van der Waals surface area contributed by atoms with Gasteiger partial charge in [-0.15, -0.1) is 0 Å². The van der Waals surface area contributed by atoms with Crippen LogP contribution in [0, 0.1) is 5.41 Å². The van der Waals surface area contributed by atoms with Crippen LogP contribution in [0.5, 0.6) is 0 Å². The van der Waals surface area contributed by atoms with E-state index in [0.717, 1.165) is 31.9 Å². The number of carboxylic acid groups (broad SMARTS) is 1. The maximum Gasteiger partial charge on any atom is 0.356 e. The lowest BCUT2D eigenvalue weighted by Crippen LogP contribution is -2.31. The summed E-state index contributed by atoms with van der Waals surface area (Å²) in [5.74, 6) is -1.45. The van der Waals surface area contributed by atoms with E-state index < -0.39 is 5.97 Å². The summed E-state index contributed by atoms with van der Waals surface area (Å²) in [5.41, 5.74) is 0.261. The number of nitrogens with one attached hydrogen (secondary N) is 1. The SMILES string of the molecule is CCCC1(CNC(=O)c2cnc(C(=O)O)cn2)CC1. The molecule has 0 saturated heterocycles. The van der Waals surface area contributed by atoms with Crippen LogP contribution in [-0.4, -0.2) is 33.5 Å². The van der Waals surface area contributed by atoms with Crippen molar-refractivity contribution < 1.29 is 14.7 Å². The lowest BCUT2D eigenvalue weighted by atomic mass is 10.0. The summed E-state index contributed by atoms with van der Waals surface area (Å²) >= 11 is 0. The van der Waals surface area contributed by atoms with Gasteiger partial charge in [0.25, 0.3) is 5.91 Å². The number of carbonyl (C=O) groups is 2. The van der Waals surface area contributed by atoms with Gasteiger partial charge in [-0.05, 0) is 24.7 Å². The van der Waals surface area contributed by atoms with Gasteiger partial charge in [0, 0.05) is 6.54 Å². The molecule has 0 radical (unpaired) electrons. The molecule has 0 bridgehead atoms. The monoisotopic (exact) mass is 263 g/mol. The van der Waals surface area contributed by atoms with Crippen molar-refractivity contribution in [3.8, 4) is 0 Å². The zero-order valence-corrected chi connectivity index (χ0v) is 10.8. The molecular formula is C13H17N3O3. The number of hydrogen-bond donors (Lipinski definition) is 2. The van der Waals surface area contributed by atoms with Crippen molar-refractivity contribution in [2.75, 3.05) is 6.54 Å². The molecule has 1 heterocycles. The van der Waals surface area contributed by atoms with Crippen molar-refractivity contribution >= 4 is 11.9 Å². The first kappa shape index (κ1) is 13.5. The highest BCUT2D eigenvalue weighted by atomic mass is 16.4. The molecule has 1 aliphatic rings. The molecule has 0 aromatic carbocycles. The number of carbonyl (C=O) groups excluding carboxylic acids is 1. The normalized spacial score (nSPS) is 15.8. The summed E-state index contributed by atoms with van der Waals surface area (Å²) in [6.07, 6.45) is 6.84. The van der Waals surface area contributed by atoms with E-state index in [1.807, 2.05) is 0 Å². The van der Waals surface area contributed by atoms with Gasteiger partial charge >= 0.3 is 5.97 Å². The molecule has 0 atom stereocenters. The van der Waals surface area contributed by atoms with Crippen LogP contribution in [0.15, 0.2) is 12.4 Å². The molecule has 1 saturated carbocycles. The maximum atomic E-state index is 11.8. The fourth-order valence-electron chi connectivity index (χ4n) is 2.14. The third kappa shape index (κ3) is 3.27. The lowest BCUT2D eigenvalue weighted by molar-refractivity contribution is 0.0689. The third-order valence-corrected chi connectivity index (χ3v) is 3.46. The molecule has 2 rings (SSSR count). The summed E-state index contributed by atoms with van der Waals surface area (Å²) in [5, 5.41) is 11.5. The van der Waals surface area contributed by atoms with Gasteiger partial charge in [0.05, 0.1) is 12.4 Å². The molecule has 0 unspecified atom stereocenters. The summed E-state index contributed by atoms with van der Waals surface area (Å²) in [6, 6.07) is 0. The minimum absolute atomic E-state index is 0.150. The summed E-state index contributed by atoms with van der Waals surface area (Å²) in [4.78, 5) is 29.9. The Morgan fingerprint density at radius 3 is 2.42 bits per heavy atom. The summed E-state index contributed by atoms with van der Waals surface area (Å²) < 4.78 is 0. The second-order valence-corrected chi connectivity index (χ2v) is 5.02. The fourth-order valence-corrected chi connectivity index (χ4v) is 2.14. The van der Waals surface area contributed by atoms with Crippen LogP contribution in [-0.2, 0) is 0 Å². The highest BCUT2D eigenvalue weighted by molar-refractivity contribution is 5.92. The Labute approximate surface area is 111 Å². The number of carboxylic acids is 1. The second kappa shape index (κ2) is 5.34. The molecule has 6 heteroatoms. The van der Waals surface area contributed by atoms with Crippen LogP contribution in [0.1, 0.15) is 53.6 Å². The van der Waals surface area contributed by atoms with Gasteiger partial charge in [-0.2, -0.15) is 0 Å². The van der Waals surface area contributed by atoms with Crippen LogP contribution in [0.25, 0.3) is 0 Å². The third-order valence-electron chi connectivity index (χ3n) is 3.46. The van der Waals surface area contributed by atoms with Gasteiger partial charge in [0.1, 0.15) is 5.69 Å². The minimum atomic E-state index is -1.15. The van der Waals surface area contributed by atoms with Gasteiger partial charge in [0.15, 0.2) is 5.69 Å². The average Bonchev–Trinajstić information content (AvgIpc) is 3.17. The van der Waals surface area contributed by atoms with E-state index in [0.29, 0.717) is 6.54 Å². The molecule has 102 valence electrons. The summed E-state index contributed by atoms with van der Waals surface area (Å²) in [6.45, 7) is 2.79. The van der Waals surface area contributed by atoms with E-state index in [1.165, 1.54) is 6.20 Å². The first-order valence-electron chi connectivity index (χ1n) is 6.40. The number of nitrogens with zero attached hydrogens (tertiary/aromatic N) is 2. The first-order valence-corrected chi connectivity index (χ1v) is 6.40. The molecule has 1 fully saturated rings. The number of amides is 1. The van der Waals surface area contributed by atoms with Crippen molar-refractivity contribution in [3.05, 3.63) is 23.8 Å². The van der Waals surface area contributed by atoms with Crippen LogP contribution in [0.2, 0.25) is 0 Å². The smallest absolute Gasteiger partial charge is 0.356 e. The number of aromatic nitrogens is 2. The van der Waals surface area contributed by atoms with Crippen LogP contribution >= 0.6 is 0 Å².